The molecule has 0 aliphatic heterocycles. The molecule has 5 nitrogen and oxygen atoms in total. The molecule has 3 aromatic rings. The van der Waals surface area contributed by atoms with Gasteiger partial charge >= 0.3 is 0 Å². The van der Waals surface area contributed by atoms with Gasteiger partial charge in [-0.1, -0.05) is 29.9 Å². The van der Waals surface area contributed by atoms with Crippen LogP contribution >= 0.6 is 22.9 Å². The fraction of sp³-hybridized carbons (Fsp3) is 0.214. The number of rotatable bonds is 4. The number of nitrogens with zero attached hydrogens (tertiary/aromatic N) is 2. The smallest absolute Gasteiger partial charge is 0.293 e. The Bertz CT molecular complexity index is 796. The zero-order valence-corrected chi connectivity index (χ0v) is 12.8. The Hall–Kier alpha value is -1.92. The summed E-state index contributed by atoms with van der Waals surface area (Å²) in [5.41, 5.74) is 0.619. The van der Waals surface area contributed by atoms with Crippen molar-refractivity contribution >= 4 is 44.9 Å². The average Bonchev–Trinajstić information content (AvgIpc) is 3.05. The Labute approximate surface area is 129 Å². The van der Waals surface area contributed by atoms with E-state index in [-0.39, 0.29) is 11.7 Å². The number of carbonyl (C=O) groups is 1. The van der Waals surface area contributed by atoms with Crippen LogP contribution in [0.15, 0.2) is 28.7 Å². The molecule has 0 saturated heterocycles. The SMILES string of the molecule is CCCc1nnc(NC(=O)c2cc3cc(Cl)ccc3o2)s1. The Balaban J connectivity index is 1.79. The molecule has 0 atom stereocenters. The van der Waals surface area contributed by atoms with Crippen molar-refractivity contribution in [1.29, 1.82) is 0 Å². The van der Waals surface area contributed by atoms with Gasteiger partial charge < -0.3 is 4.42 Å². The number of aryl methyl sites for hydroxylation is 1. The fourth-order valence-electron chi connectivity index (χ4n) is 1.90. The van der Waals surface area contributed by atoms with Crippen molar-refractivity contribution in [2.45, 2.75) is 19.8 Å². The normalized spacial score (nSPS) is 11.0. The number of hydrogen-bond acceptors (Lipinski definition) is 5. The molecule has 0 aliphatic rings. The summed E-state index contributed by atoms with van der Waals surface area (Å²) < 4.78 is 5.50. The van der Waals surface area contributed by atoms with Gasteiger partial charge in [0.2, 0.25) is 5.13 Å². The van der Waals surface area contributed by atoms with Crippen molar-refractivity contribution < 1.29 is 9.21 Å². The van der Waals surface area contributed by atoms with Crippen molar-refractivity contribution in [2.24, 2.45) is 0 Å². The first-order valence-electron chi connectivity index (χ1n) is 6.48. The molecule has 0 aliphatic carbocycles. The molecule has 0 unspecified atom stereocenters. The number of hydrogen-bond donors (Lipinski definition) is 1. The average molecular weight is 322 g/mol. The lowest BCUT2D eigenvalue weighted by Gasteiger charge is -1.95. The van der Waals surface area contributed by atoms with Gasteiger partial charge in [0.1, 0.15) is 10.6 Å². The second-order valence-electron chi connectivity index (χ2n) is 4.50. The Kier molecular flexibility index (Phi) is 3.90. The summed E-state index contributed by atoms with van der Waals surface area (Å²) in [4.78, 5) is 12.1. The quantitative estimate of drug-likeness (QED) is 0.784. The lowest BCUT2D eigenvalue weighted by Crippen LogP contribution is -2.10. The summed E-state index contributed by atoms with van der Waals surface area (Å²) in [5.74, 6) is -0.124. The lowest BCUT2D eigenvalue weighted by molar-refractivity contribution is 0.0998. The lowest BCUT2D eigenvalue weighted by atomic mass is 10.2. The second kappa shape index (κ2) is 5.83. The molecule has 108 valence electrons. The molecule has 3 rings (SSSR count). The Morgan fingerprint density at radius 3 is 3.05 bits per heavy atom. The molecule has 2 heterocycles. The minimum Gasteiger partial charge on any atom is -0.451 e. The number of carbonyl (C=O) groups excluding carboxylic acids is 1. The molecule has 0 spiro atoms. The van der Waals surface area contributed by atoms with Crippen molar-refractivity contribution in [3.05, 3.63) is 40.1 Å². The third kappa shape index (κ3) is 3.06. The minimum absolute atomic E-state index is 0.222. The first-order valence-corrected chi connectivity index (χ1v) is 7.68. The van der Waals surface area contributed by atoms with E-state index in [1.54, 1.807) is 24.3 Å². The van der Waals surface area contributed by atoms with E-state index in [2.05, 4.69) is 22.4 Å². The van der Waals surface area contributed by atoms with Crippen LogP contribution in [0.1, 0.15) is 28.9 Å². The highest BCUT2D eigenvalue weighted by atomic mass is 35.5. The van der Waals surface area contributed by atoms with E-state index in [0.29, 0.717) is 15.7 Å². The number of fused-ring (bicyclic) bond motifs is 1. The highest BCUT2D eigenvalue weighted by Gasteiger charge is 2.15. The van der Waals surface area contributed by atoms with Gasteiger partial charge in [-0.05, 0) is 30.7 Å². The standard InChI is InChI=1S/C14H12ClN3O2S/c1-2-3-12-17-18-14(21-12)16-13(19)11-7-8-6-9(15)4-5-10(8)20-11/h4-7H,2-3H2,1H3,(H,16,18,19). The van der Waals surface area contributed by atoms with Crippen LogP contribution in [0.3, 0.4) is 0 Å². The largest absolute Gasteiger partial charge is 0.451 e. The van der Waals surface area contributed by atoms with Crippen molar-refractivity contribution in [3.63, 3.8) is 0 Å². The first kappa shape index (κ1) is 14.0. The highest BCUT2D eigenvalue weighted by Crippen LogP contribution is 2.24. The highest BCUT2D eigenvalue weighted by molar-refractivity contribution is 7.15. The third-order valence-corrected chi connectivity index (χ3v) is 3.99. The molecule has 2 aromatic heterocycles. The second-order valence-corrected chi connectivity index (χ2v) is 6.00. The maximum Gasteiger partial charge on any atom is 0.293 e. The topological polar surface area (TPSA) is 68.0 Å². The molecule has 7 heteroatoms. The summed E-state index contributed by atoms with van der Waals surface area (Å²) in [6.45, 7) is 2.07. The van der Waals surface area contributed by atoms with E-state index in [9.17, 15) is 4.79 Å². The predicted molar refractivity (Wildman–Crippen MR) is 83.1 cm³/mol. The molecule has 0 fully saturated rings. The van der Waals surface area contributed by atoms with Crippen LogP contribution in [0.4, 0.5) is 5.13 Å². The molecule has 0 saturated carbocycles. The zero-order chi connectivity index (χ0) is 14.8. The molecule has 1 N–H and O–H groups in total. The van der Waals surface area contributed by atoms with Crippen molar-refractivity contribution in [2.75, 3.05) is 5.32 Å². The van der Waals surface area contributed by atoms with Crippen LogP contribution in [-0.4, -0.2) is 16.1 Å². The number of furan rings is 1. The number of amides is 1. The van der Waals surface area contributed by atoms with E-state index in [0.717, 1.165) is 23.2 Å². The summed E-state index contributed by atoms with van der Waals surface area (Å²) >= 11 is 7.28. The van der Waals surface area contributed by atoms with Crippen LogP contribution < -0.4 is 5.32 Å². The number of halogens is 1. The number of anilines is 1. The van der Waals surface area contributed by atoms with Gasteiger partial charge in [0.25, 0.3) is 5.91 Å². The maximum atomic E-state index is 12.1. The van der Waals surface area contributed by atoms with Crippen LogP contribution in [0.2, 0.25) is 5.02 Å². The van der Waals surface area contributed by atoms with Crippen LogP contribution in [0, 0.1) is 0 Å². The van der Waals surface area contributed by atoms with Gasteiger partial charge in [-0.3, -0.25) is 10.1 Å². The zero-order valence-electron chi connectivity index (χ0n) is 11.2. The van der Waals surface area contributed by atoms with Crippen LogP contribution in [0.25, 0.3) is 11.0 Å². The Morgan fingerprint density at radius 1 is 1.38 bits per heavy atom. The Morgan fingerprint density at radius 2 is 2.24 bits per heavy atom. The van der Waals surface area contributed by atoms with Gasteiger partial charge in [0.05, 0.1) is 0 Å². The molecular formula is C14H12ClN3O2S. The van der Waals surface area contributed by atoms with Gasteiger partial charge in [0, 0.05) is 16.8 Å². The molecule has 21 heavy (non-hydrogen) atoms. The van der Waals surface area contributed by atoms with E-state index >= 15 is 0 Å². The maximum absolute atomic E-state index is 12.1. The fourth-order valence-corrected chi connectivity index (χ4v) is 2.92. The van der Waals surface area contributed by atoms with Gasteiger partial charge in [-0.2, -0.15) is 0 Å². The van der Waals surface area contributed by atoms with Crippen molar-refractivity contribution in [1.82, 2.24) is 10.2 Å². The van der Waals surface area contributed by atoms with Crippen molar-refractivity contribution in [3.8, 4) is 0 Å². The van der Waals surface area contributed by atoms with Gasteiger partial charge in [0.15, 0.2) is 5.76 Å². The number of benzene rings is 1. The van der Waals surface area contributed by atoms with E-state index < -0.39 is 0 Å². The minimum atomic E-state index is -0.346. The summed E-state index contributed by atoms with van der Waals surface area (Å²) in [6.07, 6.45) is 1.85. The van der Waals surface area contributed by atoms with Crippen LogP contribution in [0.5, 0.6) is 0 Å². The van der Waals surface area contributed by atoms with E-state index in [1.807, 2.05) is 0 Å². The van der Waals surface area contributed by atoms with Gasteiger partial charge in [-0.25, -0.2) is 0 Å². The predicted octanol–water partition coefficient (Wildman–Crippen LogP) is 4.14. The number of nitrogens with one attached hydrogen (secondary N) is 1. The monoisotopic (exact) mass is 321 g/mol. The van der Waals surface area contributed by atoms with E-state index in [4.69, 9.17) is 16.0 Å². The molecule has 1 amide bonds. The third-order valence-electron chi connectivity index (χ3n) is 2.85. The number of aromatic nitrogens is 2. The molecular weight excluding hydrogens is 310 g/mol. The molecule has 0 radical (unpaired) electrons. The van der Waals surface area contributed by atoms with Crippen LogP contribution in [-0.2, 0) is 6.42 Å². The summed E-state index contributed by atoms with van der Waals surface area (Å²) in [7, 11) is 0. The molecule has 0 bridgehead atoms. The first-order chi connectivity index (χ1) is 10.2. The van der Waals surface area contributed by atoms with E-state index in [1.165, 1.54) is 11.3 Å². The molecule has 1 aromatic carbocycles. The van der Waals surface area contributed by atoms with Gasteiger partial charge in [-0.15, -0.1) is 10.2 Å². The summed E-state index contributed by atoms with van der Waals surface area (Å²) in [5, 5.41) is 13.4. The summed E-state index contributed by atoms with van der Waals surface area (Å²) in [6, 6.07) is 6.86.